The van der Waals surface area contributed by atoms with Gasteiger partial charge in [-0.15, -0.1) is 0 Å². The van der Waals surface area contributed by atoms with E-state index in [1.807, 2.05) is 5.32 Å². The third kappa shape index (κ3) is 3.95. The van der Waals surface area contributed by atoms with Gasteiger partial charge in [0.05, 0.1) is 12.7 Å². The Morgan fingerprint density at radius 2 is 1.76 bits per heavy atom. The lowest BCUT2D eigenvalue weighted by Gasteiger charge is -2.27. The van der Waals surface area contributed by atoms with E-state index in [0.29, 0.717) is 0 Å². The van der Waals surface area contributed by atoms with Gasteiger partial charge in [0, 0.05) is 5.92 Å². The van der Waals surface area contributed by atoms with Gasteiger partial charge in [0.25, 0.3) is 0 Å². The standard InChI is InChI=1S/C10H19NO6/c1-5(6(2)13)7(14)8(15)11-10(3,4-12)9(16)17/h5-7,12-14H,4H2,1-3H3,(H,11,15)(H,16,17)/t5-,6+,7+,10+/m0/s1. The number of amides is 1. The monoisotopic (exact) mass is 249 g/mol. The number of nitrogens with one attached hydrogen (secondary N) is 1. The van der Waals surface area contributed by atoms with Gasteiger partial charge < -0.3 is 25.7 Å². The van der Waals surface area contributed by atoms with Crippen molar-refractivity contribution in [3.63, 3.8) is 0 Å². The van der Waals surface area contributed by atoms with Gasteiger partial charge in [0.15, 0.2) is 5.54 Å². The maximum absolute atomic E-state index is 11.5. The summed E-state index contributed by atoms with van der Waals surface area (Å²) in [6.07, 6.45) is -2.46. The van der Waals surface area contributed by atoms with Crippen LogP contribution < -0.4 is 5.32 Å². The van der Waals surface area contributed by atoms with Crippen LogP contribution in [-0.2, 0) is 9.59 Å². The Balaban J connectivity index is 4.69. The van der Waals surface area contributed by atoms with Gasteiger partial charge in [-0.25, -0.2) is 4.79 Å². The van der Waals surface area contributed by atoms with Gasteiger partial charge in [-0.1, -0.05) is 6.92 Å². The predicted octanol–water partition coefficient (Wildman–Crippen LogP) is -1.68. The van der Waals surface area contributed by atoms with Crippen LogP contribution in [0.2, 0.25) is 0 Å². The van der Waals surface area contributed by atoms with Gasteiger partial charge >= 0.3 is 5.97 Å². The van der Waals surface area contributed by atoms with E-state index < -0.39 is 42.1 Å². The van der Waals surface area contributed by atoms with Crippen molar-refractivity contribution in [1.29, 1.82) is 0 Å². The fraction of sp³-hybridized carbons (Fsp3) is 0.800. The molecule has 0 saturated carbocycles. The number of rotatable bonds is 6. The van der Waals surface area contributed by atoms with Crippen molar-refractivity contribution < 1.29 is 30.0 Å². The van der Waals surface area contributed by atoms with Crippen LogP contribution in [0.3, 0.4) is 0 Å². The van der Waals surface area contributed by atoms with Crippen LogP contribution in [-0.4, -0.2) is 56.7 Å². The lowest BCUT2D eigenvalue weighted by Crippen LogP contribution is -2.58. The summed E-state index contributed by atoms with van der Waals surface area (Å²) in [5.41, 5.74) is -1.85. The van der Waals surface area contributed by atoms with Crippen LogP contribution in [0.25, 0.3) is 0 Å². The van der Waals surface area contributed by atoms with Crippen LogP contribution in [0, 0.1) is 5.92 Å². The second kappa shape index (κ2) is 5.95. The molecule has 100 valence electrons. The highest BCUT2D eigenvalue weighted by molar-refractivity contribution is 5.89. The largest absolute Gasteiger partial charge is 0.479 e. The van der Waals surface area contributed by atoms with E-state index in [4.69, 9.17) is 10.2 Å². The molecule has 0 spiro atoms. The smallest absolute Gasteiger partial charge is 0.331 e. The Hall–Kier alpha value is -1.18. The molecule has 17 heavy (non-hydrogen) atoms. The van der Waals surface area contributed by atoms with Crippen LogP contribution in [0.5, 0.6) is 0 Å². The molecule has 0 heterocycles. The molecule has 0 fully saturated rings. The fourth-order valence-electron chi connectivity index (χ4n) is 1.01. The lowest BCUT2D eigenvalue weighted by atomic mass is 9.96. The number of carbonyl (C=O) groups excluding carboxylic acids is 1. The second-order valence-corrected chi connectivity index (χ2v) is 4.33. The van der Waals surface area contributed by atoms with Crippen LogP contribution in [0.4, 0.5) is 0 Å². The number of hydrogen-bond donors (Lipinski definition) is 5. The van der Waals surface area contributed by atoms with E-state index in [2.05, 4.69) is 0 Å². The number of aliphatic carboxylic acids is 1. The van der Waals surface area contributed by atoms with E-state index in [1.165, 1.54) is 13.8 Å². The molecule has 0 aliphatic heterocycles. The lowest BCUT2D eigenvalue weighted by molar-refractivity contribution is -0.151. The van der Waals surface area contributed by atoms with Crippen molar-refractivity contribution in [2.45, 2.75) is 38.5 Å². The molecule has 0 aromatic heterocycles. The predicted molar refractivity (Wildman–Crippen MR) is 58.1 cm³/mol. The van der Waals surface area contributed by atoms with E-state index in [1.54, 1.807) is 0 Å². The van der Waals surface area contributed by atoms with Gasteiger partial charge in [-0.05, 0) is 13.8 Å². The first kappa shape index (κ1) is 15.8. The van der Waals surface area contributed by atoms with Gasteiger partial charge in [-0.3, -0.25) is 4.79 Å². The molecule has 4 atom stereocenters. The van der Waals surface area contributed by atoms with Crippen molar-refractivity contribution >= 4 is 11.9 Å². The van der Waals surface area contributed by atoms with Gasteiger partial charge in [0.2, 0.25) is 5.91 Å². The third-order valence-electron chi connectivity index (χ3n) is 2.71. The number of carbonyl (C=O) groups is 2. The summed E-state index contributed by atoms with van der Waals surface area (Å²) in [5, 5.41) is 38.5. The van der Waals surface area contributed by atoms with Crippen molar-refractivity contribution in [3.05, 3.63) is 0 Å². The first-order valence-electron chi connectivity index (χ1n) is 5.18. The topological polar surface area (TPSA) is 127 Å². The fourth-order valence-corrected chi connectivity index (χ4v) is 1.01. The maximum Gasteiger partial charge on any atom is 0.331 e. The zero-order valence-corrected chi connectivity index (χ0v) is 10.0. The minimum Gasteiger partial charge on any atom is -0.479 e. The van der Waals surface area contributed by atoms with Crippen LogP contribution in [0.15, 0.2) is 0 Å². The highest BCUT2D eigenvalue weighted by Crippen LogP contribution is 2.11. The molecule has 0 unspecified atom stereocenters. The molecular weight excluding hydrogens is 230 g/mol. The normalized spacial score (nSPS) is 19.9. The molecule has 0 radical (unpaired) electrons. The Morgan fingerprint density at radius 1 is 1.29 bits per heavy atom. The summed E-state index contributed by atoms with van der Waals surface area (Å²) >= 11 is 0. The van der Waals surface area contributed by atoms with E-state index >= 15 is 0 Å². The zero-order chi connectivity index (χ0) is 13.8. The summed E-state index contributed by atoms with van der Waals surface area (Å²) in [7, 11) is 0. The average molecular weight is 249 g/mol. The van der Waals surface area contributed by atoms with Gasteiger partial charge in [-0.2, -0.15) is 0 Å². The first-order chi connectivity index (χ1) is 7.65. The zero-order valence-electron chi connectivity index (χ0n) is 10.0. The molecule has 0 saturated heterocycles. The van der Waals surface area contributed by atoms with Gasteiger partial charge in [0.1, 0.15) is 6.10 Å². The van der Waals surface area contributed by atoms with E-state index in [9.17, 15) is 19.8 Å². The molecule has 0 rings (SSSR count). The summed E-state index contributed by atoms with van der Waals surface area (Å²) in [5.74, 6) is -3.10. The molecule has 0 aliphatic rings. The van der Waals surface area contributed by atoms with E-state index in [0.717, 1.165) is 6.92 Å². The second-order valence-electron chi connectivity index (χ2n) is 4.33. The Bertz CT molecular complexity index is 293. The average Bonchev–Trinajstić information content (AvgIpc) is 2.26. The molecule has 7 heteroatoms. The number of aliphatic hydroxyl groups excluding tert-OH is 3. The third-order valence-corrected chi connectivity index (χ3v) is 2.71. The van der Waals surface area contributed by atoms with Crippen molar-refractivity contribution in [3.8, 4) is 0 Å². The van der Waals surface area contributed by atoms with Crippen LogP contribution in [0.1, 0.15) is 20.8 Å². The highest BCUT2D eigenvalue weighted by Gasteiger charge is 2.37. The molecule has 0 aromatic rings. The molecular formula is C10H19NO6. The summed E-state index contributed by atoms with van der Waals surface area (Å²) in [6.45, 7) is 3.17. The van der Waals surface area contributed by atoms with Crippen molar-refractivity contribution in [2.75, 3.05) is 6.61 Å². The number of hydrogen-bond acceptors (Lipinski definition) is 5. The molecule has 0 bridgehead atoms. The summed E-state index contributed by atoms with van der Waals surface area (Å²) in [6, 6.07) is 0. The van der Waals surface area contributed by atoms with Crippen molar-refractivity contribution in [2.24, 2.45) is 5.92 Å². The number of carboxylic acid groups (broad SMARTS) is 1. The van der Waals surface area contributed by atoms with E-state index in [-0.39, 0.29) is 0 Å². The molecule has 0 aliphatic carbocycles. The minimum absolute atomic E-state index is 0.744. The molecule has 7 nitrogen and oxygen atoms in total. The Kier molecular flexibility index (Phi) is 5.53. The first-order valence-corrected chi connectivity index (χ1v) is 5.18. The Morgan fingerprint density at radius 3 is 2.06 bits per heavy atom. The molecule has 1 amide bonds. The van der Waals surface area contributed by atoms with Crippen LogP contribution >= 0.6 is 0 Å². The molecule has 5 N–H and O–H groups in total. The minimum atomic E-state index is -1.85. The Labute approximate surface area is 99.1 Å². The SMILES string of the molecule is C[C@@H]([C@@H](C)O)[C@@H](O)C(=O)N[C@](C)(CO)C(=O)O. The summed E-state index contributed by atoms with van der Waals surface area (Å²) in [4.78, 5) is 22.3. The molecule has 0 aromatic carbocycles. The number of aliphatic hydroxyl groups is 3. The number of carboxylic acids is 1. The highest BCUT2D eigenvalue weighted by atomic mass is 16.4. The summed E-state index contributed by atoms with van der Waals surface area (Å²) < 4.78 is 0. The maximum atomic E-state index is 11.5. The van der Waals surface area contributed by atoms with Crippen molar-refractivity contribution in [1.82, 2.24) is 5.32 Å². The quantitative estimate of drug-likeness (QED) is 0.382.